The van der Waals surface area contributed by atoms with E-state index in [0.717, 1.165) is 17.4 Å². The molecule has 2 aromatic carbocycles. The topological polar surface area (TPSA) is 73.1 Å². The summed E-state index contributed by atoms with van der Waals surface area (Å²) in [6.45, 7) is 1.90. The molecule has 0 aliphatic rings. The third-order valence-electron chi connectivity index (χ3n) is 5.26. The molecular weight excluding hydrogens is 429 g/mol. The molecule has 0 saturated heterocycles. The fraction of sp³-hybridized carbons (Fsp3) is 0.208. The lowest BCUT2D eigenvalue weighted by Crippen LogP contribution is -2.41. The van der Waals surface area contributed by atoms with Gasteiger partial charge in [0.05, 0.1) is 11.2 Å². The summed E-state index contributed by atoms with van der Waals surface area (Å²) in [6, 6.07) is 15.5. The third kappa shape index (κ3) is 4.40. The summed E-state index contributed by atoms with van der Waals surface area (Å²) >= 11 is 1.20. The second-order valence-corrected chi connectivity index (χ2v) is 8.43. The number of rotatable bonds is 7. The Bertz CT molecular complexity index is 1390. The quantitative estimate of drug-likeness (QED) is 0.438. The Morgan fingerprint density at radius 2 is 1.88 bits per heavy atom. The number of thiophene rings is 1. The number of amides is 1. The van der Waals surface area contributed by atoms with Gasteiger partial charge in [-0.3, -0.25) is 14.2 Å². The lowest BCUT2D eigenvalue weighted by Gasteiger charge is -2.14. The van der Waals surface area contributed by atoms with Crippen molar-refractivity contribution in [3.63, 3.8) is 0 Å². The minimum absolute atomic E-state index is 0.210. The van der Waals surface area contributed by atoms with Crippen molar-refractivity contribution in [2.45, 2.75) is 26.3 Å². The molecule has 1 N–H and O–H groups in total. The predicted octanol–water partition coefficient (Wildman–Crippen LogP) is 3.41. The van der Waals surface area contributed by atoms with Gasteiger partial charge in [0.2, 0.25) is 5.91 Å². The Balaban J connectivity index is 1.58. The smallest absolute Gasteiger partial charge is 0.336 e. The molecule has 0 aliphatic carbocycles. The molecule has 0 bridgehead atoms. The number of aryl methyl sites for hydroxylation is 2. The highest BCUT2D eigenvalue weighted by molar-refractivity contribution is 7.17. The maximum atomic E-state index is 13.6. The number of carbonyl (C=O) groups excluding carboxylic acids is 1. The van der Waals surface area contributed by atoms with E-state index >= 15 is 0 Å². The first kappa shape index (κ1) is 21.7. The fourth-order valence-corrected chi connectivity index (χ4v) is 4.51. The first-order valence-corrected chi connectivity index (χ1v) is 11.1. The van der Waals surface area contributed by atoms with Gasteiger partial charge in [-0.15, -0.1) is 11.3 Å². The van der Waals surface area contributed by atoms with Crippen molar-refractivity contribution in [3.05, 3.63) is 97.8 Å². The van der Waals surface area contributed by atoms with Crippen LogP contribution in [0.4, 0.5) is 4.39 Å². The standard InChI is InChI=1S/C24H22FN3O3S/c1-16-14-18(25)9-10-19(16)28-23(30)22-20(11-13-32-22)27(24(28)31)15-21(29)26-12-5-8-17-6-3-2-4-7-17/h2-4,6-7,9-11,13-14H,5,8,12,15H2,1H3,(H,26,29). The van der Waals surface area contributed by atoms with E-state index in [1.54, 1.807) is 18.4 Å². The number of carbonyl (C=O) groups is 1. The van der Waals surface area contributed by atoms with Crippen LogP contribution in [0.1, 0.15) is 17.5 Å². The summed E-state index contributed by atoms with van der Waals surface area (Å²) in [5.41, 5.74) is 1.26. The molecule has 1 amide bonds. The van der Waals surface area contributed by atoms with Crippen molar-refractivity contribution in [1.29, 1.82) is 0 Å². The van der Waals surface area contributed by atoms with Gasteiger partial charge < -0.3 is 5.32 Å². The van der Waals surface area contributed by atoms with Gasteiger partial charge in [0.15, 0.2) is 0 Å². The van der Waals surface area contributed by atoms with Crippen LogP contribution < -0.4 is 16.6 Å². The van der Waals surface area contributed by atoms with Gasteiger partial charge in [-0.2, -0.15) is 0 Å². The molecule has 0 saturated carbocycles. The van der Waals surface area contributed by atoms with Gasteiger partial charge in [-0.1, -0.05) is 30.3 Å². The lowest BCUT2D eigenvalue weighted by atomic mass is 10.1. The minimum Gasteiger partial charge on any atom is -0.355 e. The Morgan fingerprint density at radius 3 is 2.62 bits per heavy atom. The summed E-state index contributed by atoms with van der Waals surface area (Å²) in [7, 11) is 0. The van der Waals surface area contributed by atoms with Crippen LogP contribution >= 0.6 is 11.3 Å². The summed E-state index contributed by atoms with van der Waals surface area (Å²) in [5.74, 6) is -0.764. The molecule has 164 valence electrons. The number of fused-ring (bicyclic) bond motifs is 1. The molecule has 8 heteroatoms. The Kier molecular flexibility index (Phi) is 6.32. The second-order valence-electron chi connectivity index (χ2n) is 7.51. The van der Waals surface area contributed by atoms with E-state index in [4.69, 9.17) is 0 Å². The summed E-state index contributed by atoms with van der Waals surface area (Å²) in [6.07, 6.45) is 1.61. The second kappa shape index (κ2) is 9.32. The molecule has 32 heavy (non-hydrogen) atoms. The monoisotopic (exact) mass is 451 g/mol. The van der Waals surface area contributed by atoms with Gasteiger partial charge in [-0.25, -0.2) is 13.8 Å². The van der Waals surface area contributed by atoms with Crippen molar-refractivity contribution >= 4 is 27.5 Å². The Hall–Kier alpha value is -3.52. The van der Waals surface area contributed by atoms with E-state index in [0.29, 0.717) is 28.0 Å². The zero-order chi connectivity index (χ0) is 22.7. The molecule has 0 radical (unpaired) electrons. The van der Waals surface area contributed by atoms with E-state index in [1.807, 2.05) is 30.3 Å². The van der Waals surface area contributed by atoms with Crippen molar-refractivity contribution in [2.24, 2.45) is 0 Å². The van der Waals surface area contributed by atoms with E-state index in [9.17, 15) is 18.8 Å². The van der Waals surface area contributed by atoms with Crippen LogP contribution in [0.5, 0.6) is 0 Å². The zero-order valence-electron chi connectivity index (χ0n) is 17.5. The molecule has 0 atom stereocenters. The first-order valence-electron chi connectivity index (χ1n) is 10.3. The van der Waals surface area contributed by atoms with Gasteiger partial charge in [0, 0.05) is 6.54 Å². The molecule has 4 rings (SSSR count). The Labute approximate surface area is 187 Å². The van der Waals surface area contributed by atoms with Crippen molar-refractivity contribution in [2.75, 3.05) is 6.54 Å². The highest BCUT2D eigenvalue weighted by Crippen LogP contribution is 2.18. The lowest BCUT2D eigenvalue weighted by molar-refractivity contribution is -0.121. The van der Waals surface area contributed by atoms with Gasteiger partial charge in [-0.05, 0) is 60.5 Å². The number of hydrogen-bond acceptors (Lipinski definition) is 4. The van der Waals surface area contributed by atoms with Crippen LogP contribution in [0.15, 0.2) is 69.6 Å². The summed E-state index contributed by atoms with van der Waals surface area (Å²) < 4.78 is 16.2. The fourth-order valence-electron chi connectivity index (χ4n) is 3.69. The average molecular weight is 452 g/mol. The molecule has 0 spiro atoms. The largest absolute Gasteiger partial charge is 0.355 e. The Morgan fingerprint density at radius 1 is 1.09 bits per heavy atom. The van der Waals surface area contributed by atoms with Gasteiger partial charge >= 0.3 is 5.69 Å². The number of benzene rings is 2. The van der Waals surface area contributed by atoms with Crippen molar-refractivity contribution < 1.29 is 9.18 Å². The molecule has 6 nitrogen and oxygen atoms in total. The van der Waals surface area contributed by atoms with Crippen molar-refractivity contribution in [1.82, 2.24) is 14.5 Å². The highest BCUT2D eigenvalue weighted by Gasteiger charge is 2.18. The number of halogens is 1. The maximum Gasteiger partial charge on any atom is 0.336 e. The molecule has 2 heterocycles. The SMILES string of the molecule is Cc1cc(F)ccc1-n1c(=O)c2sccc2n(CC(=O)NCCCc2ccccc2)c1=O. The normalized spacial score (nSPS) is 11.1. The number of aromatic nitrogens is 2. The van der Waals surface area contributed by atoms with Crippen LogP contribution in [0.25, 0.3) is 15.9 Å². The third-order valence-corrected chi connectivity index (χ3v) is 6.16. The maximum absolute atomic E-state index is 13.6. The molecule has 4 aromatic rings. The molecule has 2 aromatic heterocycles. The molecule has 0 unspecified atom stereocenters. The van der Waals surface area contributed by atoms with Crippen LogP contribution in [-0.2, 0) is 17.8 Å². The average Bonchev–Trinajstić information content (AvgIpc) is 3.27. The van der Waals surface area contributed by atoms with Crippen LogP contribution in [0.2, 0.25) is 0 Å². The van der Waals surface area contributed by atoms with Gasteiger partial charge in [0.25, 0.3) is 5.56 Å². The first-order chi connectivity index (χ1) is 15.5. The number of nitrogens with zero attached hydrogens (tertiary/aromatic N) is 2. The molecular formula is C24H22FN3O3S. The summed E-state index contributed by atoms with van der Waals surface area (Å²) in [5, 5.41) is 4.56. The molecule has 0 aliphatic heterocycles. The zero-order valence-corrected chi connectivity index (χ0v) is 18.3. The number of hydrogen-bond donors (Lipinski definition) is 1. The van der Waals surface area contributed by atoms with Crippen LogP contribution in [0.3, 0.4) is 0 Å². The minimum atomic E-state index is -0.630. The molecule has 0 fully saturated rings. The van der Waals surface area contributed by atoms with Crippen LogP contribution in [0, 0.1) is 12.7 Å². The van der Waals surface area contributed by atoms with E-state index < -0.39 is 17.1 Å². The summed E-state index contributed by atoms with van der Waals surface area (Å²) in [4.78, 5) is 38.8. The predicted molar refractivity (Wildman–Crippen MR) is 124 cm³/mol. The van der Waals surface area contributed by atoms with E-state index in [2.05, 4.69) is 5.32 Å². The van der Waals surface area contributed by atoms with Gasteiger partial charge in [0.1, 0.15) is 17.1 Å². The van der Waals surface area contributed by atoms with Crippen LogP contribution in [-0.4, -0.2) is 21.6 Å². The van der Waals surface area contributed by atoms with E-state index in [-0.39, 0.29) is 12.5 Å². The van der Waals surface area contributed by atoms with Crippen molar-refractivity contribution in [3.8, 4) is 5.69 Å². The highest BCUT2D eigenvalue weighted by atomic mass is 32.1. The van der Waals surface area contributed by atoms with E-state index in [1.165, 1.54) is 39.7 Å². The number of nitrogens with one attached hydrogen (secondary N) is 1.